The molecule has 18 heavy (non-hydrogen) atoms. The smallest absolute Gasteiger partial charge is 0.406 e. The third kappa shape index (κ3) is 3.97. The number of nitrogens with zero attached hydrogens (tertiary/aromatic N) is 2. The van der Waals surface area contributed by atoms with Crippen LogP contribution in [-0.2, 0) is 9.53 Å². The lowest BCUT2D eigenvalue weighted by Crippen LogP contribution is -2.35. The van der Waals surface area contributed by atoms with E-state index in [0.29, 0.717) is 0 Å². The average molecular weight is 262 g/mol. The Morgan fingerprint density at radius 3 is 2.11 bits per heavy atom. The number of aromatic nitrogens is 2. The number of rotatable bonds is 2. The Morgan fingerprint density at radius 2 is 1.72 bits per heavy atom. The van der Waals surface area contributed by atoms with Gasteiger partial charge in [-0.05, 0) is 20.8 Å². The third-order valence-electron chi connectivity index (χ3n) is 1.88. The average Bonchev–Trinajstić information content (AvgIpc) is 2.13. The van der Waals surface area contributed by atoms with Crippen molar-refractivity contribution in [3.8, 4) is 0 Å². The van der Waals surface area contributed by atoms with Crippen LogP contribution in [-0.4, -0.2) is 27.7 Å². The minimum Gasteiger partial charge on any atom is -0.459 e. The number of esters is 1. The first-order chi connectivity index (χ1) is 8.11. The lowest BCUT2D eigenvalue weighted by Gasteiger charge is -2.25. The number of carbonyl (C=O) groups is 1. The van der Waals surface area contributed by atoms with Gasteiger partial charge in [0.2, 0.25) is 0 Å². The largest absolute Gasteiger partial charge is 0.459 e. The number of halogens is 3. The second kappa shape index (κ2) is 4.91. The van der Waals surface area contributed by atoms with Crippen molar-refractivity contribution in [3.05, 3.63) is 24.3 Å². The van der Waals surface area contributed by atoms with Crippen LogP contribution in [0.4, 0.5) is 13.2 Å². The minimum atomic E-state index is -4.74. The summed E-state index contributed by atoms with van der Waals surface area (Å²) in [5.41, 5.74) is -1.32. The normalized spacial score (nSPS) is 14.1. The molecule has 1 aromatic heterocycles. The molecule has 0 aliphatic carbocycles. The van der Waals surface area contributed by atoms with Gasteiger partial charge in [-0.25, -0.2) is 9.97 Å². The molecule has 0 aliphatic heterocycles. The van der Waals surface area contributed by atoms with Gasteiger partial charge in [0.25, 0.3) is 0 Å². The molecule has 0 aromatic carbocycles. The van der Waals surface area contributed by atoms with Crippen LogP contribution in [0.15, 0.2) is 18.7 Å². The number of alkyl halides is 3. The third-order valence-corrected chi connectivity index (χ3v) is 1.88. The minimum absolute atomic E-state index is 0.334. The zero-order valence-electron chi connectivity index (χ0n) is 10.2. The molecule has 0 N–H and O–H groups in total. The molecule has 0 aliphatic rings. The highest BCUT2D eigenvalue weighted by Gasteiger charge is 2.48. The zero-order chi connectivity index (χ0) is 14.0. The lowest BCUT2D eigenvalue weighted by atomic mass is 10.0. The quantitative estimate of drug-likeness (QED) is 0.768. The first-order valence-electron chi connectivity index (χ1n) is 5.16. The van der Waals surface area contributed by atoms with Crippen LogP contribution in [0.5, 0.6) is 0 Å². The summed E-state index contributed by atoms with van der Waals surface area (Å²) in [5.74, 6) is -3.72. The van der Waals surface area contributed by atoms with E-state index >= 15 is 0 Å². The fourth-order valence-corrected chi connectivity index (χ4v) is 1.28. The Morgan fingerprint density at radius 1 is 1.22 bits per heavy atom. The Labute approximate surface area is 102 Å². The second-order valence-corrected chi connectivity index (χ2v) is 4.68. The maximum Gasteiger partial charge on any atom is 0.406 e. The van der Waals surface area contributed by atoms with E-state index in [1.54, 1.807) is 0 Å². The van der Waals surface area contributed by atoms with Crippen molar-refractivity contribution < 1.29 is 22.7 Å². The van der Waals surface area contributed by atoms with Gasteiger partial charge in [-0.2, -0.15) is 13.2 Å². The van der Waals surface area contributed by atoms with Crippen molar-refractivity contribution in [2.24, 2.45) is 0 Å². The molecule has 1 atom stereocenters. The van der Waals surface area contributed by atoms with E-state index in [-0.39, 0.29) is 5.56 Å². The van der Waals surface area contributed by atoms with E-state index in [0.717, 1.165) is 18.7 Å². The molecule has 0 radical (unpaired) electrons. The number of carbonyl (C=O) groups excluding carboxylic acids is 1. The van der Waals surface area contributed by atoms with E-state index in [2.05, 4.69) is 9.97 Å². The highest BCUT2D eigenvalue weighted by Crippen LogP contribution is 2.36. The summed E-state index contributed by atoms with van der Waals surface area (Å²) < 4.78 is 43.4. The van der Waals surface area contributed by atoms with Gasteiger partial charge in [-0.1, -0.05) is 0 Å². The first kappa shape index (κ1) is 14.4. The molecule has 4 nitrogen and oxygen atoms in total. The van der Waals surface area contributed by atoms with E-state index in [9.17, 15) is 18.0 Å². The van der Waals surface area contributed by atoms with Crippen LogP contribution >= 0.6 is 0 Å². The maximum atomic E-state index is 12.9. The summed E-state index contributed by atoms with van der Waals surface area (Å²) in [6.07, 6.45) is -1.75. The number of hydrogen-bond acceptors (Lipinski definition) is 4. The molecule has 7 heteroatoms. The summed E-state index contributed by atoms with van der Waals surface area (Å²) >= 11 is 0. The second-order valence-electron chi connectivity index (χ2n) is 4.68. The van der Waals surface area contributed by atoms with Gasteiger partial charge < -0.3 is 4.74 Å². The Balaban J connectivity index is 3.05. The van der Waals surface area contributed by atoms with Crippen LogP contribution < -0.4 is 0 Å². The van der Waals surface area contributed by atoms with Crippen LogP contribution in [0.1, 0.15) is 32.3 Å². The van der Waals surface area contributed by atoms with Gasteiger partial charge in [0.15, 0.2) is 5.92 Å². The highest BCUT2D eigenvalue weighted by molar-refractivity contribution is 5.79. The molecule has 0 spiro atoms. The van der Waals surface area contributed by atoms with Crippen LogP contribution in [0, 0.1) is 0 Å². The molecule has 1 heterocycles. The molecule has 0 saturated heterocycles. The van der Waals surface area contributed by atoms with Gasteiger partial charge in [-0.15, -0.1) is 0 Å². The zero-order valence-corrected chi connectivity index (χ0v) is 10.2. The standard InChI is InChI=1S/C11H13F3N2O2/c1-10(2,3)18-9(17)8(11(12,13)14)7-4-15-6-16-5-7/h4-6,8H,1-3H3. The van der Waals surface area contributed by atoms with Crippen molar-refractivity contribution in [2.45, 2.75) is 38.5 Å². The molecule has 100 valence electrons. The molecule has 0 saturated carbocycles. The predicted octanol–water partition coefficient (Wildman–Crippen LogP) is 2.46. The van der Waals surface area contributed by atoms with Gasteiger partial charge in [0.05, 0.1) is 0 Å². The molecule has 0 amide bonds. The van der Waals surface area contributed by atoms with Crippen LogP contribution in [0.2, 0.25) is 0 Å². The molecule has 1 aromatic rings. The SMILES string of the molecule is CC(C)(C)OC(=O)C(c1cncnc1)C(F)(F)F. The molecule has 1 rings (SSSR count). The molecular formula is C11H13F3N2O2. The fraction of sp³-hybridized carbons (Fsp3) is 0.545. The summed E-state index contributed by atoms with van der Waals surface area (Å²) in [5, 5.41) is 0. The Bertz CT molecular complexity index is 413. The molecule has 1 unspecified atom stereocenters. The van der Waals surface area contributed by atoms with Crippen LogP contribution in [0.25, 0.3) is 0 Å². The topological polar surface area (TPSA) is 52.1 Å². The number of ether oxygens (including phenoxy) is 1. The monoisotopic (exact) mass is 262 g/mol. The van der Waals surface area contributed by atoms with Crippen molar-refractivity contribution in [3.63, 3.8) is 0 Å². The summed E-state index contributed by atoms with van der Waals surface area (Å²) in [6.45, 7) is 4.50. The number of hydrogen-bond donors (Lipinski definition) is 0. The maximum absolute atomic E-state index is 12.9. The molecular weight excluding hydrogens is 249 g/mol. The molecule has 0 fully saturated rings. The summed E-state index contributed by atoms with van der Waals surface area (Å²) in [7, 11) is 0. The lowest BCUT2D eigenvalue weighted by molar-refractivity contribution is -0.189. The van der Waals surface area contributed by atoms with Crippen molar-refractivity contribution in [1.29, 1.82) is 0 Å². The van der Waals surface area contributed by atoms with Gasteiger partial charge in [0, 0.05) is 18.0 Å². The summed E-state index contributed by atoms with van der Waals surface area (Å²) in [4.78, 5) is 18.6. The highest BCUT2D eigenvalue weighted by atomic mass is 19.4. The van der Waals surface area contributed by atoms with Crippen LogP contribution in [0.3, 0.4) is 0 Å². The Hall–Kier alpha value is -1.66. The predicted molar refractivity (Wildman–Crippen MR) is 56.7 cm³/mol. The van der Waals surface area contributed by atoms with Gasteiger partial charge >= 0.3 is 12.1 Å². The first-order valence-corrected chi connectivity index (χ1v) is 5.16. The Kier molecular flexibility index (Phi) is 3.93. The van der Waals surface area contributed by atoms with E-state index < -0.39 is 23.7 Å². The fourth-order valence-electron chi connectivity index (χ4n) is 1.28. The van der Waals surface area contributed by atoms with Crippen molar-refractivity contribution in [2.75, 3.05) is 0 Å². The van der Waals surface area contributed by atoms with E-state index in [4.69, 9.17) is 4.74 Å². The van der Waals surface area contributed by atoms with Crippen molar-refractivity contribution in [1.82, 2.24) is 9.97 Å². The van der Waals surface area contributed by atoms with Crippen molar-refractivity contribution >= 4 is 5.97 Å². The van der Waals surface area contributed by atoms with E-state index in [1.165, 1.54) is 20.8 Å². The van der Waals surface area contributed by atoms with Gasteiger partial charge in [0.1, 0.15) is 11.9 Å². The van der Waals surface area contributed by atoms with Gasteiger partial charge in [-0.3, -0.25) is 4.79 Å². The molecule has 0 bridgehead atoms. The summed E-state index contributed by atoms with van der Waals surface area (Å²) in [6, 6.07) is 0. The van der Waals surface area contributed by atoms with E-state index in [1.807, 2.05) is 0 Å².